The van der Waals surface area contributed by atoms with Gasteiger partial charge in [0.05, 0.1) is 0 Å². The molecule has 2 aromatic rings. The predicted molar refractivity (Wildman–Crippen MR) is 110 cm³/mol. The Labute approximate surface area is 170 Å². The molecule has 0 atom stereocenters. The maximum atomic E-state index is 3.23. The first kappa shape index (κ1) is 20.6. The summed E-state index contributed by atoms with van der Waals surface area (Å²) in [6.45, 7) is 13.7. The van der Waals surface area contributed by atoms with Crippen molar-refractivity contribution in [3.8, 4) is 11.1 Å². The molecule has 0 aliphatic heterocycles. The molecule has 0 amide bonds. The van der Waals surface area contributed by atoms with Gasteiger partial charge in [0.1, 0.15) is 0 Å². The van der Waals surface area contributed by atoms with Gasteiger partial charge in [-0.1, -0.05) is 77.9 Å². The minimum absolute atomic E-state index is 0.145. The van der Waals surface area contributed by atoms with Gasteiger partial charge in [0.25, 0.3) is 0 Å². The average molecular weight is 528 g/mol. The van der Waals surface area contributed by atoms with Gasteiger partial charge < -0.3 is 0 Å². The molecule has 0 heterocycles. The van der Waals surface area contributed by atoms with E-state index in [2.05, 4.69) is 109 Å². The Morgan fingerprint density at radius 1 is 0.667 bits per heavy atom. The second kappa shape index (κ2) is 7.89. The van der Waals surface area contributed by atoms with Gasteiger partial charge in [-0.15, -0.1) is 0 Å². The van der Waals surface area contributed by atoms with Crippen molar-refractivity contribution in [1.82, 2.24) is 0 Å². The van der Waals surface area contributed by atoms with Crippen molar-refractivity contribution in [3.63, 3.8) is 0 Å². The van der Waals surface area contributed by atoms with E-state index in [4.69, 9.17) is 0 Å². The molecule has 0 aromatic heterocycles. The molecule has 0 bridgehead atoms. The molecule has 2 aromatic carbocycles. The van der Waals surface area contributed by atoms with Crippen LogP contribution in [0.3, 0.4) is 0 Å². The van der Waals surface area contributed by atoms with Crippen molar-refractivity contribution in [2.24, 2.45) is 0 Å². The number of benzene rings is 2. The van der Waals surface area contributed by atoms with Gasteiger partial charge in [-0.3, -0.25) is 0 Å². The summed E-state index contributed by atoms with van der Waals surface area (Å²) in [7, 11) is 0. The second-order valence-corrected chi connectivity index (χ2v) is 19.7. The number of hydrogen-bond acceptors (Lipinski definition) is 0. The third-order valence-electron chi connectivity index (χ3n) is 4.44. The summed E-state index contributed by atoms with van der Waals surface area (Å²) in [6.07, 6.45) is 2.31. The predicted octanol–water partition coefficient (Wildman–Crippen LogP) is 7.55. The Hall–Kier alpha value is 0.283. The fourth-order valence-electron chi connectivity index (χ4n) is 2.93. The van der Waals surface area contributed by atoms with E-state index in [1.165, 1.54) is 33.4 Å². The molecule has 0 unspecified atom stereocenters. The Balaban J connectivity index is 0.000000647. The van der Waals surface area contributed by atoms with E-state index in [0.29, 0.717) is 0 Å². The monoisotopic (exact) mass is 525 g/mol. The van der Waals surface area contributed by atoms with Crippen LogP contribution in [0.1, 0.15) is 63.8 Å². The molecule has 0 nitrogen and oxygen atoms in total. The molecule has 1 aliphatic carbocycles. The van der Waals surface area contributed by atoms with Crippen LogP contribution >= 0.6 is 24.4 Å². The maximum absolute atomic E-state index is 3.23. The Kier molecular flexibility index (Phi) is 6.77. The molecule has 1 radical (unpaired) electrons. The average Bonchev–Trinajstić information content (AvgIpc) is 2.83. The van der Waals surface area contributed by atoms with Gasteiger partial charge in [0.15, 0.2) is 0 Å². The summed E-state index contributed by atoms with van der Waals surface area (Å²) in [5.41, 5.74) is 8.69. The van der Waals surface area contributed by atoms with Crippen molar-refractivity contribution in [2.45, 2.75) is 52.4 Å². The van der Waals surface area contributed by atoms with E-state index in [0.717, 1.165) is 0 Å². The first-order valence-corrected chi connectivity index (χ1v) is 19.4. The van der Waals surface area contributed by atoms with Crippen molar-refractivity contribution >= 4 is 24.4 Å². The molecular formula is C21H25Br2Zr. The SMILES string of the molecule is CC(C)(C)c1ccc2c(c1)-c1cc(C(C)(C)C)ccc1[CH]2.[Br][Zr][Br]. The molecule has 0 fully saturated rings. The van der Waals surface area contributed by atoms with Crippen LogP contribution in [0, 0.1) is 6.42 Å². The Morgan fingerprint density at radius 3 is 1.29 bits per heavy atom. The summed E-state index contributed by atoms with van der Waals surface area (Å²) >= 11 is 6.32. The zero-order valence-electron chi connectivity index (χ0n) is 15.3. The van der Waals surface area contributed by atoms with Crippen LogP contribution in [-0.2, 0) is 29.4 Å². The fourth-order valence-corrected chi connectivity index (χ4v) is 2.93. The van der Waals surface area contributed by atoms with Crippen LogP contribution in [0.5, 0.6) is 0 Å². The van der Waals surface area contributed by atoms with Crippen LogP contribution in [0.2, 0.25) is 0 Å². The molecule has 1 aliphatic rings. The Morgan fingerprint density at radius 2 is 1.00 bits per heavy atom. The molecule has 3 heteroatoms. The third-order valence-corrected chi connectivity index (χ3v) is 4.44. The van der Waals surface area contributed by atoms with Crippen LogP contribution in [0.25, 0.3) is 11.1 Å². The van der Waals surface area contributed by atoms with Gasteiger partial charge in [-0.25, -0.2) is 0 Å². The Bertz CT molecular complexity index is 660. The first-order chi connectivity index (χ1) is 11.1. The van der Waals surface area contributed by atoms with Crippen LogP contribution in [0.15, 0.2) is 36.4 Å². The number of halogens is 2. The summed E-state index contributed by atoms with van der Waals surface area (Å²) in [5, 5.41) is 0. The molecule has 0 saturated carbocycles. The summed E-state index contributed by atoms with van der Waals surface area (Å²) in [6, 6.07) is 13.8. The summed E-state index contributed by atoms with van der Waals surface area (Å²) in [5.74, 6) is 0. The van der Waals surface area contributed by atoms with Gasteiger partial charge in [0, 0.05) is 6.42 Å². The summed E-state index contributed by atoms with van der Waals surface area (Å²) in [4.78, 5) is 0. The number of rotatable bonds is 0. The van der Waals surface area contributed by atoms with Crippen molar-refractivity contribution in [1.29, 1.82) is 0 Å². The molecule has 0 spiro atoms. The van der Waals surface area contributed by atoms with E-state index in [9.17, 15) is 0 Å². The normalized spacial score (nSPS) is 12.8. The fraction of sp³-hybridized carbons (Fsp3) is 0.381. The molecule has 127 valence electrons. The zero-order valence-corrected chi connectivity index (χ0v) is 20.9. The number of hydrogen-bond donors (Lipinski definition) is 0. The van der Waals surface area contributed by atoms with Crippen molar-refractivity contribution in [2.75, 3.05) is 0 Å². The topological polar surface area (TPSA) is 0 Å². The third kappa shape index (κ3) is 4.71. The van der Waals surface area contributed by atoms with E-state index in [1.54, 1.807) is 0 Å². The van der Waals surface area contributed by atoms with Gasteiger partial charge in [0.2, 0.25) is 0 Å². The standard InChI is InChI=1S/C21H25.2BrH.Zr/c1-20(2,3)16-9-7-14-11-15-8-10-17(21(4,5)6)13-19(15)18(14)12-16;;;/h7-13H,1-6H3;2*1H;/q;;;+2/p-2. The van der Waals surface area contributed by atoms with Crippen LogP contribution < -0.4 is 0 Å². The molecule has 24 heavy (non-hydrogen) atoms. The van der Waals surface area contributed by atoms with Gasteiger partial charge in [-0.2, -0.15) is 0 Å². The van der Waals surface area contributed by atoms with Gasteiger partial charge >= 0.3 is 43.0 Å². The molecule has 0 N–H and O–H groups in total. The second-order valence-electron chi connectivity index (χ2n) is 8.32. The number of fused-ring (bicyclic) bond motifs is 3. The van der Waals surface area contributed by atoms with Crippen molar-refractivity contribution in [3.05, 3.63) is 65.1 Å². The van der Waals surface area contributed by atoms with E-state index < -0.39 is 0 Å². The van der Waals surface area contributed by atoms with Crippen LogP contribution in [0.4, 0.5) is 0 Å². The molecular weight excluding hydrogens is 503 g/mol. The zero-order chi connectivity index (χ0) is 18.1. The van der Waals surface area contributed by atoms with Crippen LogP contribution in [-0.4, -0.2) is 0 Å². The van der Waals surface area contributed by atoms with E-state index in [1.807, 2.05) is 0 Å². The molecule has 3 rings (SSSR count). The quantitative estimate of drug-likeness (QED) is 0.283. The van der Waals surface area contributed by atoms with E-state index >= 15 is 0 Å². The van der Waals surface area contributed by atoms with Gasteiger partial charge in [-0.05, 0) is 44.2 Å². The van der Waals surface area contributed by atoms with E-state index in [-0.39, 0.29) is 29.4 Å². The first-order valence-electron chi connectivity index (χ1n) is 8.18. The minimum atomic E-state index is -0.145. The summed E-state index contributed by atoms with van der Waals surface area (Å²) < 4.78 is 0. The molecule has 0 saturated heterocycles. The van der Waals surface area contributed by atoms with Crippen molar-refractivity contribution < 1.29 is 18.5 Å².